The number of carbonyl (C=O) groups is 1. The molecular formula is C18H19N3O. The highest BCUT2D eigenvalue weighted by Gasteiger charge is 2.25. The van der Waals surface area contributed by atoms with Crippen LogP contribution in [0.2, 0.25) is 0 Å². The molecule has 1 fully saturated rings. The van der Waals surface area contributed by atoms with Gasteiger partial charge < -0.3 is 10.2 Å². The van der Waals surface area contributed by atoms with Crippen molar-refractivity contribution in [1.29, 1.82) is 0 Å². The maximum atomic E-state index is 11.9. The highest BCUT2D eigenvalue weighted by Crippen LogP contribution is 2.34. The number of nitrogens with zero attached hydrogens (tertiary/aromatic N) is 2. The van der Waals surface area contributed by atoms with E-state index in [1.165, 1.54) is 17.7 Å². The summed E-state index contributed by atoms with van der Waals surface area (Å²) in [7, 11) is 0. The number of hydrogen-bond acceptors (Lipinski definition) is 3. The molecule has 4 nitrogen and oxygen atoms in total. The lowest BCUT2D eigenvalue weighted by atomic mass is 9.85. The number of fused-ring (bicyclic) bond motifs is 1. The number of hydrogen-bond donors (Lipinski definition) is 1. The average molecular weight is 293 g/mol. The third-order valence-electron chi connectivity index (χ3n) is 4.67. The Morgan fingerprint density at radius 2 is 2.05 bits per heavy atom. The van der Waals surface area contributed by atoms with Gasteiger partial charge in [0, 0.05) is 18.2 Å². The van der Waals surface area contributed by atoms with Crippen molar-refractivity contribution in [2.45, 2.75) is 25.7 Å². The SMILES string of the molecule is O=C(Nc1ccc(N2CCc3ccccc32)cn1)C1CCC1. The van der Waals surface area contributed by atoms with Gasteiger partial charge >= 0.3 is 0 Å². The molecule has 1 aliphatic carbocycles. The standard InChI is InChI=1S/C18H19N3O/c22-18(14-5-3-6-14)20-17-9-8-15(12-19-17)21-11-10-13-4-1-2-7-16(13)21/h1-2,4,7-9,12,14H,3,5-6,10-11H2,(H,19,20,22). The van der Waals surface area contributed by atoms with Crippen molar-refractivity contribution >= 4 is 23.1 Å². The minimum absolute atomic E-state index is 0.109. The number of rotatable bonds is 3. The Morgan fingerprint density at radius 1 is 1.18 bits per heavy atom. The quantitative estimate of drug-likeness (QED) is 0.942. The van der Waals surface area contributed by atoms with E-state index in [1.54, 1.807) is 0 Å². The van der Waals surface area contributed by atoms with E-state index in [2.05, 4.69) is 39.5 Å². The van der Waals surface area contributed by atoms with E-state index in [4.69, 9.17) is 0 Å². The molecule has 4 heteroatoms. The highest BCUT2D eigenvalue weighted by atomic mass is 16.2. The highest BCUT2D eigenvalue weighted by molar-refractivity contribution is 5.92. The van der Waals surface area contributed by atoms with Crippen LogP contribution in [0.4, 0.5) is 17.2 Å². The number of carbonyl (C=O) groups excluding carboxylic acids is 1. The van der Waals surface area contributed by atoms with Gasteiger partial charge in [0.1, 0.15) is 5.82 Å². The van der Waals surface area contributed by atoms with Gasteiger partial charge in [-0.1, -0.05) is 24.6 Å². The molecule has 1 amide bonds. The molecule has 1 saturated carbocycles. The molecule has 0 radical (unpaired) electrons. The Kier molecular flexibility index (Phi) is 3.29. The Balaban J connectivity index is 1.49. The van der Waals surface area contributed by atoms with Crippen LogP contribution in [0.15, 0.2) is 42.6 Å². The molecule has 22 heavy (non-hydrogen) atoms. The smallest absolute Gasteiger partial charge is 0.228 e. The third-order valence-corrected chi connectivity index (χ3v) is 4.67. The van der Waals surface area contributed by atoms with Gasteiger partial charge in [0.25, 0.3) is 0 Å². The summed E-state index contributed by atoms with van der Waals surface area (Å²) in [6, 6.07) is 12.4. The topological polar surface area (TPSA) is 45.2 Å². The predicted octanol–water partition coefficient (Wildman–Crippen LogP) is 3.51. The second-order valence-corrected chi connectivity index (χ2v) is 6.05. The van der Waals surface area contributed by atoms with Crippen LogP contribution in [0.1, 0.15) is 24.8 Å². The van der Waals surface area contributed by atoms with Crippen molar-refractivity contribution in [2.75, 3.05) is 16.8 Å². The van der Waals surface area contributed by atoms with Gasteiger partial charge in [-0.15, -0.1) is 0 Å². The van der Waals surface area contributed by atoms with Gasteiger partial charge in [-0.25, -0.2) is 4.98 Å². The second kappa shape index (κ2) is 5.44. The summed E-state index contributed by atoms with van der Waals surface area (Å²) in [6.07, 6.45) is 6.09. The molecule has 1 aliphatic heterocycles. The molecule has 1 aromatic heterocycles. The molecule has 4 rings (SSSR count). The summed E-state index contributed by atoms with van der Waals surface area (Å²) in [5, 5.41) is 2.91. The zero-order chi connectivity index (χ0) is 14.9. The van der Waals surface area contributed by atoms with Crippen molar-refractivity contribution in [3.05, 3.63) is 48.2 Å². The zero-order valence-electron chi connectivity index (χ0n) is 12.5. The number of anilines is 3. The fourth-order valence-electron chi connectivity index (χ4n) is 3.12. The van der Waals surface area contributed by atoms with Crippen LogP contribution in [0.3, 0.4) is 0 Å². The normalized spacial score (nSPS) is 17.0. The Morgan fingerprint density at radius 3 is 2.77 bits per heavy atom. The molecule has 0 atom stereocenters. The van der Waals surface area contributed by atoms with E-state index in [-0.39, 0.29) is 11.8 Å². The first kappa shape index (κ1) is 13.3. The fraction of sp³-hybridized carbons (Fsp3) is 0.333. The molecule has 1 aromatic carbocycles. The van der Waals surface area contributed by atoms with Crippen LogP contribution in [0.5, 0.6) is 0 Å². The van der Waals surface area contributed by atoms with Crippen molar-refractivity contribution in [3.63, 3.8) is 0 Å². The van der Waals surface area contributed by atoms with Crippen LogP contribution in [0.25, 0.3) is 0 Å². The van der Waals surface area contributed by atoms with Gasteiger partial charge in [0.15, 0.2) is 0 Å². The minimum Gasteiger partial charge on any atom is -0.340 e. The number of nitrogens with one attached hydrogen (secondary N) is 1. The maximum absolute atomic E-state index is 11.9. The van der Waals surface area contributed by atoms with Crippen LogP contribution in [-0.2, 0) is 11.2 Å². The van der Waals surface area contributed by atoms with Crippen LogP contribution in [0, 0.1) is 5.92 Å². The molecule has 2 aromatic rings. The summed E-state index contributed by atoms with van der Waals surface area (Å²) < 4.78 is 0. The van der Waals surface area contributed by atoms with E-state index < -0.39 is 0 Å². The Bertz CT molecular complexity index is 692. The summed E-state index contributed by atoms with van der Waals surface area (Å²) in [5.41, 5.74) is 3.71. The number of benzene rings is 1. The molecule has 112 valence electrons. The van der Waals surface area contributed by atoms with Gasteiger partial charge in [-0.3, -0.25) is 4.79 Å². The Hall–Kier alpha value is -2.36. The number of pyridine rings is 1. The van der Waals surface area contributed by atoms with Gasteiger partial charge in [-0.05, 0) is 43.0 Å². The first-order chi connectivity index (χ1) is 10.8. The minimum atomic E-state index is 0.109. The average Bonchev–Trinajstić information content (AvgIpc) is 2.90. The van der Waals surface area contributed by atoms with Gasteiger partial charge in [0.05, 0.1) is 11.9 Å². The fourth-order valence-corrected chi connectivity index (χ4v) is 3.12. The summed E-state index contributed by atoms with van der Waals surface area (Å²) in [6.45, 7) is 0.981. The first-order valence-electron chi connectivity index (χ1n) is 7.93. The lowest BCUT2D eigenvalue weighted by molar-refractivity contribution is -0.122. The van der Waals surface area contributed by atoms with Crippen molar-refractivity contribution < 1.29 is 4.79 Å². The third kappa shape index (κ3) is 2.34. The number of para-hydroxylation sites is 1. The van der Waals surface area contributed by atoms with Crippen LogP contribution >= 0.6 is 0 Å². The molecular weight excluding hydrogens is 274 g/mol. The van der Waals surface area contributed by atoms with E-state index in [0.717, 1.165) is 31.5 Å². The Labute approximate surface area is 130 Å². The summed E-state index contributed by atoms with van der Waals surface area (Å²) >= 11 is 0. The van der Waals surface area contributed by atoms with E-state index in [0.29, 0.717) is 5.82 Å². The molecule has 2 heterocycles. The lowest BCUT2D eigenvalue weighted by Crippen LogP contribution is -2.28. The van der Waals surface area contributed by atoms with E-state index in [9.17, 15) is 4.79 Å². The summed E-state index contributed by atoms with van der Waals surface area (Å²) in [5.74, 6) is 0.943. The lowest BCUT2D eigenvalue weighted by Gasteiger charge is -2.24. The predicted molar refractivity (Wildman–Crippen MR) is 87.4 cm³/mol. The zero-order valence-corrected chi connectivity index (χ0v) is 12.5. The molecule has 0 unspecified atom stereocenters. The number of aromatic nitrogens is 1. The summed E-state index contributed by atoms with van der Waals surface area (Å²) in [4.78, 5) is 18.6. The molecule has 1 N–H and O–H groups in total. The second-order valence-electron chi connectivity index (χ2n) is 6.05. The molecule has 0 saturated heterocycles. The van der Waals surface area contributed by atoms with Crippen molar-refractivity contribution in [3.8, 4) is 0 Å². The molecule has 2 aliphatic rings. The van der Waals surface area contributed by atoms with E-state index in [1.807, 2.05) is 18.3 Å². The van der Waals surface area contributed by atoms with E-state index >= 15 is 0 Å². The van der Waals surface area contributed by atoms with Crippen LogP contribution < -0.4 is 10.2 Å². The van der Waals surface area contributed by atoms with Gasteiger partial charge in [-0.2, -0.15) is 0 Å². The molecule has 0 spiro atoms. The number of amides is 1. The first-order valence-corrected chi connectivity index (χ1v) is 7.93. The maximum Gasteiger partial charge on any atom is 0.228 e. The molecule has 0 bridgehead atoms. The van der Waals surface area contributed by atoms with Crippen molar-refractivity contribution in [2.24, 2.45) is 5.92 Å². The van der Waals surface area contributed by atoms with Gasteiger partial charge in [0.2, 0.25) is 5.91 Å². The monoisotopic (exact) mass is 293 g/mol. The van der Waals surface area contributed by atoms with Crippen molar-refractivity contribution in [1.82, 2.24) is 4.98 Å². The largest absolute Gasteiger partial charge is 0.340 e. The van der Waals surface area contributed by atoms with Crippen LogP contribution in [-0.4, -0.2) is 17.4 Å².